The standard InChI is InChI=1S/C16H32N6/c1-7-21(8-2)13(17)15(3,4)19-20-16(5,6)14(18)22-11-9-10-12-22/h17-18H,7-12H2,1-6H3. The van der Waals surface area contributed by atoms with Gasteiger partial charge in [-0.2, -0.15) is 10.2 Å². The van der Waals surface area contributed by atoms with Gasteiger partial charge in [-0.15, -0.1) is 0 Å². The third-order valence-electron chi connectivity index (χ3n) is 4.21. The Morgan fingerprint density at radius 1 is 0.955 bits per heavy atom. The molecular weight excluding hydrogens is 276 g/mol. The van der Waals surface area contributed by atoms with Crippen LogP contribution >= 0.6 is 0 Å². The maximum Gasteiger partial charge on any atom is 0.132 e. The van der Waals surface area contributed by atoms with Gasteiger partial charge in [-0.1, -0.05) is 0 Å². The molecule has 0 aromatic rings. The van der Waals surface area contributed by atoms with Crippen molar-refractivity contribution in [3.05, 3.63) is 0 Å². The predicted octanol–water partition coefficient (Wildman–Crippen LogP) is 3.39. The lowest BCUT2D eigenvalue weighted by Gasteiger charge is -2.32. The normalized spacial score (nSPS) is 16.4. The van der Waals surface area contributed by atoms with Crippen molar-refractivity contribution in [2.45, 2.75) is 65.5 Å². The SMILES string of the molecule is CCN(CC)C(=N)C(C)(C)N=NC(C)(C)C(=N)N1CCCC1. The maximum atomic E-state index is 8.37. The Kier molecular flexibility index (Phi) is 6.08. The fourth-order valence-electron chi connectivity index (χ4n) is 2.60. The summed E-state index contributed by atoms with van der Waals surface area (Å²) >= 11 is 0. The highest BCUT2D eigenvalue weighted by Crippen LogP contribution is 2.22. The van der Waals surface area contributed by atoms with Crippen molar-refractivity contribution in [2.24, 2.45) is 10.2 Å². The van der Waals surface area contributed by atoms with Crippen molar-refractivity contribution < 1.29 is 0 Å². The van der Waals surface area contributed by atoms with Crippen LogP contribution in [0.15, 0.2) is 10.2 Å². The molecule has 6 heteroatoms. The predicted molar refractivity (Wildman–Crippen MR) is 92.2 cm³/mol. The lowest BCUT2D eigenvalue weighted by molar-refractivity contribution is 0.408. The summed E-state index contributed by atoms with van der Waals surface area (Å²) in [6, 6.07) is 0. The number of amidine groups is 2. The largest absolute Gasteiger partial charge is 0.359 e. The van der Waals surface area contributed by atoms with Crippen LogP contribution in [0.4, 0.5) is 0 Å². The Balaban J connectivity index is 2.83. The zero-order valence-electron chi connectivity index (χ0n) is 15.0. The van der Waals surface area contributed by atoms with Crippen LogP contribution in [0.25, 0.3) is 0 Å². The molecule has 0 aliphatic carbocycles. The van der Waals surface area contributed by atoms with Crippen molar-refractivity contribution in [3.63, 3.8) is 0 Å². The van der Waals surface area contributed by atoms with E-state index in [9.17, 15) is 0 Å². The molecule has 126 valence electrons. The van der Waals surface area contributed by atoms with Crippen LogP contribution in [0.5, 0.6) is 0 Å². The molecule has 0 aromatic carbocycles. The molecule has 0 aromatic heterocycles. The molecule has 22 heavy (non-hydrogen) atoms. The van der Waals surface area contributed by atoms with E-state index in [0.717, 1.165) is 39.0 Å². The molecule has 0 spiro atoms. The van der Waals surface area contributed by atoms with Crippen LogP contribution in [0.1, 0.15) is 54.4 Å². The van der Waals surface area contributed by atoms with Gasteiger partial charge in [0.25, 0.3) is 0 Å². The number of nitrogens with one attached hydrogen (secondary N) is 2. The number of likely N-dealkylation sites (N-methyl/N-ethyl adjacent to an activating group) is 1. The maximum absolute atomic E-state index is 8.37. The van der Waals surface area contributed by atoms with E-state index in [1.807, 2.05) is 46.4 Å². The Labute approximate surface area is 135 Å². The topological polar surface area (TPSA) is 78.9 Å². The summed E-state index contributed by atoms with van der Waals surface area (Å²) in [4.78, 5) is 4.07. The molecule has 2 N–H and O–H groups in total. The Morgan fingerprint density at radius 2 is 1.41 bits per heavy atom. The third kappa shape index (κ3) is 4.27. The molecule has 1 rings (SSSR count). The van der Waals surface area contributed by atoms with E-state index < -0.39 is 11.1 Å². The minimum Gasteiger partial charge on any atom is -0.359 e. The number of hydrogen-bond acceptors (Lipinski definition) is 4. The minimum atomic E-state index is -0.672. The molecule has 1 saturated heterocycles. The molecular formula is C16H32N6. The van der Waals surface area contributed by atoms with Crippen LogP contribution in [0.2, 0.25) is 0 Å². The molecule has 1 aliphatic heterocycles. The van der Waals surface area contributed by atoms with E-state index in [1.165, 1.54) is 0 Å². The molecule has 1 aliphatic rings. The first-order valence-corrected chi connectivity index (χ1v) is 8.27. The average Bonchev–Trinajstić information content (AvgIpc) is 2.99. The van der Waals surface area contributed by atoms with Crippen molar-refractivity contribution in [3.8, 4) is 0 Å². The van der Waals surface area contributed by atoms with Gasteiger partial charge in [-0.25, -0.2) is 0 Å². The van der Waals surface area contributed by atoms with Gasteiger partial charge in [0.05, 0.1) is 0 Å². The van der Waals surface area contributed by atoms with Gasteiger partial charge in [0.15, 0.2) is 0 Å². The monoisotopic (exact) mass is 308 g/mol. The van der Waals surface area contributed by atoms with Gasteiger partial charge in [0, 0.05) is 26.2 Å². The second kappa shape index (κ2) is 7.20. The van der Waals surface area contributed by atoms with Crippen molar-refractivity contribution in [1.82, 2.24) is 9.80 Å². The number of nitrogens with zero attached hydrogens (tertiary/aromatic N) is 4. The van der Waals surface area contributed by atoms with Crippen LogP contribution in [-0.4, -0.2) is 58.7 Å². The van der Waals surface area contributed by atoms with Gasteiger partial charge in [-0.05, 0) is 54.4 Å². The second-order valence-corrected chi connectivity index (χ2v) is 6.88. The summed E-state index contributed by atoms with van der Waals surface area (Å²) in [6.45, 7) is 15.2. The Bertz CT molecular complexity index is 400. The average molecular weight is 308 g/mol. The fraction of sp³-hybridized carbons (Fsp3) is 0.875. The summed E-state index contributed by atoms with van der Waals surface area (Å²) in [6.07, 6.45) is 2.29. The molecule has 0 bridgehead atoms. The number of azo groups is 1. The zero-order chi connectivity index (χ0) is 17.0. The zero-order valence-corrected chi connectivity index (χ0v) is 15.0. The molecule has 0 radical (unpaired) electrons. The van der Waals surface area contributed by atoms with Crippen molar-refractivity contribution in [1.29, 1.82) is 10.8 Å². The first kappa shape index (κ1) is 18.6. The van der Waals surface area contributed by atoms with Crippen molar-refractivity contribution >= 4 is 11.7 Å². The summed E-state index contributed by atoms with van der Waals surface area (Å²) < 4.78 is 0. The molecule has 0 atom stereocenters. The summed E-state index contributed by atoms with van der Waals surface area (Å²) in [5, 5.41) is 25.6. The van der Waals surface area contributed by atoms with Gasteiger partial charge in [0.1, 0.15) is 22.7 Å². The van der Waals surface area contributed by atoms with Gasteiger partial charge in [0.2, 0.25) is 0 Å². The van der Waals surface area contributed by atoms with Crippen LogP contribution in [0, 0.1) is 10.8 Å². The first-order valence-electron chi connectivity index (χ1n) is 8.27. The summed E-state index contributed by atoms with van der Waals surface area (Å²) in [5.74, 6) is 1.00. The van der Waals surface area contributed by atoms with Gasteiger partial charge in [-0.3, -0.25) is 10.8 Å². The highest BCUT2D eigenvalue weighted by atomic mass is 15.3. The summed E-state index contributed by atoms with van der Waals surface area (Å²) in [7, 11) is 0. The van der Waals surface area contributed by atoms with E-state index in [1.54, 1.807) is 0 Å². The molecule has 0 saturated carbocycles. The lowest BCUT2D eigenvalue weighted by atomic mass is 10.0. The third-order valence-corrected chi connectivity index (χ3v) is 4.21. The fourth-order valence-corrected chi connectivity index (χ4v) is 2.60. The van der Waals surface area contributed by atoms with Gasteiger partial charge < -0.3 is 9.80 Å². The first-order chi connectivity index (χ1) is 10.2. The van der Waals surface area contributed by atoms with E-state index >= 15 is 0 Å². The van der Waals surface area contributed by atoms with E-state index in [0.29, 0.717) is 11.7 Å². The van der Waals surface area contributed by atoms with Gasteiger partial charge >= 0.3 is 0 Å². The molecule has 1 fully saturated rings. The highest BCUT2D eigenvalue weighted by Gasteiger charge is 2.32. The van der Waals surface area contributed by atoms with Crippen LogP contribution in [-0.2, 0) is 0 Å². The van der Waals surface area contributed by atoms with Crippen LogP contribution in [0.3, 0.4) is 0 Å². The summed E-state index contributed by atoms with van der Waals surface area (Å²) in [5.41, 5.74) is -1.32. The van der Waals surface area contributed by atoms with E-state index in [4.69, 9.17) is 10.8 Å². The molecule has 0 amide bonds. The minimum absolute atomic E-state index is 0.477. The lowest BCUT2D eigenvalue weighted by Crippen LogP contribution is -2.45. The Hall–Kier alpha value is -1.46. The second-order valence-electron chi connectivity index (χ2n) is 6.88. The number of likely N-dealkylation sites (tertiary alicyclic amines) is 1. The molecule has 0 unspecified atom stereocenters. The van der Waals surface area contributed by atoms with Crippen molar-refractivity contribution in [2.75, 3.05) is 26.2 Å². The molecule has 6 nitrogen and oxygen atoms in total. The van der Waals surface area contributed by atoms with Crippen LogP contribution < -0.4 is 0 Å². The Morgan fingerprint density at radius 3 is 1.86 bits per heavy atom. The highest BCUT2D eigenvalue weighted by molar-refractivity contribution is 5.89. The molecule has 1 heterocycles. The van der Waals surface area contributed by atoms with E-state index in [2.05, 4.69) is 15.1 Å². The number of hydrogen-bond donors (Lipinski definition) is 2. The smallest absolute Gasteiger partial charge is 0.132 e. The van der Waals surface area contributed by atoms with E-state index in [-0.39, 0.29) is 0 Å². The number of rotatable bonds is 6. The quantitative estimate of drug-likeness (QED) is 0.448.